The minimum absolute atomic E-state index is 0.0748. The van der Waals surface area contributed by atoms with Gasteiger partial charge in [0.05, 0.1) is 11.4 Å². The number of para-hydroxylation sites is 1. The summed E-state index contributed by atoms with van der Waals surface area (Å²) in [6.07, 6.45) is 3.02. The highest BCUT2D eigenvalue weighted by atomic mass is 16.1. The third-order valence-electron chi connectivity index (χ3n) is 4.84. The number of hydrogen-bond donors (Lipinski definition) is 1. The third kappa shape index (κ3) is 2.54. The molecule has 1 aliphatic carbocycles. The largest absolute Gasteiger partial charge is 0.334 e. The van der Waals surface area contributed by atoms with Crippen LogP contribution in [0.2, 0.25) is 0 Å². The van der Waals surface area contributed by atoms with Gasteiger partial charge in [0.2, 0.25) is 0 Å². The van der Waals surface area contributed by atoms with E-state index in [1.54, 1.807) is 4.68 Å². The van der Waals surface area contributed by atoms with E-state index in [1.165, 1.54) is 0 Å². The maximum atomic E-state index is 13.0. The summed E-state index contributed by atoms with van der Waals surface area (Å²) in [5.41, 5.74) is 4.45. The van der Waals surface area contributed by atoms with Crippen molar-refractivity contribution < 1.29 is 0 Å². The Morgan fingerprint density at radius 1 is 1.08 bits per heavy atom. The molecule has 1 aromatic carbocycles. The molecule has 2 heterocycles. The maximum Gasteiger partial charge on any atom is 0.295 e. The van der Waals surface area contributed by atoms with Crippen molar-refractivity contribution in [3.8, 4) is 5.69 Å². The van der Waals surface area contributed by atoms with Crippen LogP contribution in [0.5, 0.6) is 0 Å². The van der Waals surface area contributed by atoms with Crippen LogP contribution in [-0.4, -0.2) is 19.3 Å². The van der Waals surface area contributed by atoms with Crippen molar-refractivity contribution in [2.24, 2.45) is 7.05 Å². The van der Waals surface area contributed by atoms with Gasteiger partial charge >= 0.3 is 0 Å². The first kappa shape index (κ1) is 15.6. The van der Waals surface area contributed by atoms with Crippen LogP contribution in [0.4, 0.5) is 11.5 Å². The Balaban J connectivity index is 1.82. The average molecular weight is 335 g/mol. The molecule has 0 saturated heterocycles. The summed E-state index contributed by atoms with van der Waals surface area (Å²) in [5.74, 6) is 1.51. The van der Waals surface area contributed by atoms with Gasteiger partial charge in [-0.25, -0.2) is 14.6 Å². The van der Waals surface area contributed by atoms with Crippen LogP contribution in [0.1, 0.15) is 29.2 Å². The Bertz CT molecular complexity index is 1000. The summed E-state index contributed by atoms with van der Waals surface area (Å²) in [6, 6.07) is 9.65. The Hall–Kier alpha value is -2.89. The Morgan fingerprint density at radius 3 is 2.60 bits per heavy atom. The number of nitrogens with zero attached hydrogens (tertiary/aromatic N) is 4. The number of aryl methyl sites for hydroxylation is 2. The molecule has 2 aromatic heterocycles. The molecule has 128 valence electrons. The van der Waals surface area contributed by atoms with Gasteiger partial charge in [-0.1, -0.05) is 18.2 Å². The lowest BCUT2D eigenvalue weighted by Crippen LogP contribution is -2.20. The van der Waals surface area contributed by atoms with Crippen LogP contribution < -0.4 is 10.9 Å². The predicted octanol–water partition coefficient (Wildman–Crippen LogP) is 2.82. The quantitative estimate of drug-likeness (QED) is 0.799. The number of benzene rings is 1. The van der Waals surface area contributed by atoms with Crippen molar-refractivity contribution in [1.82, 2.24) is 19.3 Å². The van der Waals surface area contributed by atoms with Gasteiger partial charge in [0.15, 0.2) is 0 Å². The van der Waals surface area contributed by atoms with E-state index in [0.717, 1.165) is 53.5 Å². The van der Waals surface area contributed by atoms with Crippen molar-refractivity contribution in [3.63, 3.8) is 0 Å². The predicted molar refractivity (Wildman–Crippen MR) is 97.8 cm³/mol. The molecule has 0 atom stereocenters. The van der Waals surface area contributed by atoms with Crippen molar-refractivity contribution in [2.75, 3.05) is 5.32 Å². The number of aromatic nitrogens is 4. The second kappa shape index (κ2) is 5.88. The number of rotatable bonds is 3. The molecule has 0 amide bonds. The second-order valence-corrected chi connectivity index (χ2v) is 6.46. The number of fused-ring (bicyclic) bond motifs is 1. The lowest BCUT2D eigenvalue weighted by Gasteiger charge is -2.10. The monoisotopic (exact) mass is 335 g/mol. The fourth-order valence-electron chi connectivity index (χ4n) is 3.49. The smallest absolute Gasteiger partial charge is 0.295 e. The van der Waals surface area contributed by atoms with E-state index < -0.39 is 0 Å². The Morgan fingerprint density at radius 2 is 1.84 bits per heavy atom. The van der Waals surface area contributed by atoms with Gasteiger partial charge in [0, 0.05) is 18.3 Å². The van der Waals surface area contributed by atoms with Gasteiger partial charge in [0.1, 0.15) is 17.3 Å². The van der Waals surface area contributed by atoms with Crippen molar-refractivity contribution in [2.45, 2.75) is 33.1 Å². The van der Waals surface area contributed by atoms with E-state index in [9.17, 15) is 4.79 Å². The molecular formula is C19H21N5O. The average Bonchev–Trinajstić information content (AvgIpc) is 3.15. The topological polar surface area (TPSA) is 64.7 Å². The molecule has 0 aliphatic heterocycles. The van der Waals surface area contributed by atoms with E-state index in [1.807, 2.05) is 55.9 Å². The van der Waals surface area contributed by atoms with Crippen LogP contribution >= 0.6 is 0 Å². The van der Waals surface area contributed by atoms with Crippen LogP contribution in [-0.2, 0) is 19.9 Å². The molecule has 0 spiro atoms. The lowest BCUT2D eigenvalue weighted by molar-refractivity contribution is 0.630. The van der Waals surface area contributed by atoms with Crippen LogP contribution in [0.15, 0.2) is 35.1 Å². The molecule has 0 saturated carbocycles. The molecule has 6 nitrogen and oxygen atoms in total. The summed E-state index contributed by atoms with van der Waals surface area (Å²) >= 11 is 0. The maximum absolute atomic E-state index is 13.0. The van der Waals surface area contributed by atoms with Gasteiger partial charge < -0.3 is 5.32 Å². The van der Waals surface area contributed by atoms with Gasteiger partial charge in [-0.2, -0.15) is 0 Å². The molecule has 0 bridgehead atoms. The Labute approximate surface area is 146 Å². The number of nitrogens with one attached hydrogen (secondary N) is 1. The van der Waals surface area contributed by atoms with E-state index >= 15 is 0 Å². The first-order valence-corrected chi connectivity index (χ1v) is 8.53. The molecule has 1 N–H and O–H groups in total. The minimum atomic E-state index is -0.0748. The highest BCUT2D eigenvalue weighted by Gasteiger charge is 2.22. The third-order valence-corrected chi connectivity index (χ3v) is 4.84. The fraction of sp³-hybridized carbons (Fsp3) is 0.316. The zero-order valence-corrected chi connectivity index (χ0v) is 14.7. The lowest BCUT2D eigenvalue weighted by atomic mass is 10.2. The molecule has 0 radical (unpaired) electrons. The van der Waals surface area contributed by atoms with E-state index in [2.05, 4.69) is 15.3 Å². The summed E-state index contributed by atoms with van der Waals surface area (Å²) in [5, 5.41) is 3.31. The molecule has 1 aliphatic rings. The number of hydrogen-bond acceptors (Lipinski definition) is 4. The van der Waals surface area contributed by atoms with Crippen LogP contribution in [0.25, 0.3) is 5.69 Å². The van der Waals surface area contributed by atoms with Gasteiger partial charge in [-0.15, -0.1) is 0 Å². The molecule has 3 aromatic rings. The number of anilines is 2. The summed E-state index contributed by atoms with van der Waals surface area (Å²) in [7, 11) is 1.89. The summed E-state index contributed by atoms with van der Waals surface area (Å²) in [4.78, 5) is 22.1. The second-order valence-electron chi connectivity index (χ2n) is 6.46. The summed E-state index contributed by atoms with van der Waals surface area (Å²) < 4.78 is 3.54. The Kier molecular flexibility index (Phi) is 3.67. The zero-order chi connectivity index (χ0) is 17.6. The fourth-order valence-corrected chi connectivity index (χ4v) is 3.49. The van der Waals surface area contributed by atoms with Gasteiger partial charge in [-0.3, -0.25) is 9.48 Å². The normalized spacial score (nSPS) is 13.1. The standard InChI is InChI=1S/C19H21N5O/c1-12-17(19(25)24(23(12)3)14-8-5-4-6-9-14)22-18-15-10-7-11-16(15)20-13(2)21-18/h4-6,8-9H,7,10-11H2,1-3H3,(H,20,21,22). The molecule has 4 rings (SSSR count). The van der Waals surface area contributed by atoms with E-state index in [0.29, 0.717) is 5.69 Å². The first-order valence-electron chi connectivity index (χ1n) is 8.53. The molecule has 6 heteroatoms. The van der Waals surface area contributed by atoms with E-state index in [-0.39, 0.29) is 5.56 Å². The SMILES string of the molecule is Cc1nc2c(c(Nc3c(C)n(C)n(-c4ccccc4)c3=O)n1)CCC2. The first-order chi connectivity index (χ1) is 12.1. The molecular weight excluding hydrogens is 314 g/mol. The van der Waals surface area contributed by atoms with Gasteiger partial charge in [-0.05, 0) is 45.2 Å². The van der Waals surface area contributed by atoms with Gasteiger partial charge in [0.25, 0.3) is 5.56 Å². The highest BCUT2D eigenvalue weighted by Crippen LogP contribution is 2.28. The minimum Gasteiger partial charge on any atom is -0.334 e. The molecule has 0 unspecified atom stereocenters. The van der Waals surface area contributed by atoms with E-state index in [4.69, 9.17) is 0 Å². The summed E-state index contributed by atoms with van der Waals surface area (Å²) in [6.45, 7) is 3.83. The highest BCUT2D eigenvalue weighted by molar-refractivity contribution is 5.63. The van der Waals surface area contributed by atoms with Crippen molar-refractivity contribution in [3.05, 3.63) is 63.5 Å². The van der Waals surface area contributed by atoms with Crippen molar-refractivity contribution in [1.29, 1.82) is 0 Å². The van der Waals surface area contributed by atoms with Crippen LogP contribution in [0, 0.1) is 13.8 Å². The van der Waals surface area contributed by atoms with Crippen molar-refractivity contribution >= 4 is 11.5 Å². The molecule has 0 fully saturated rings. The zero-order valence-electron chi connectivity index (χ0n) is 14.7. The molecule has 25 heavy (non-hydrogen) atoms. The van der Waals surface area contributed by atoms with Crippen LogP contribution in [0.3, 0.4) is 0 Å².